The van der Waals surface area contributed by atoms with Gasteiger partial charge in [-0.05, 0) is 30.7 Å². The van der Waals surface area contributed by atoms with Crippen molar-refractivity contribution < 1.29 is 23.0 Å². The van der Waals surface area contributed by atoms with Crippen LogP contribution in [0.3, 0.4) is 0 Å². The first-order valence-electron chi connectivity index (χ1n) is 4.30. The van der Waals surface area contributed by atoms with Crippen molar-refractivity contribution >= 4 is 0 Å². The Morgan fingerprint density at radius 2 is 2.00 bits per heavy atom. The van der Waals surface area contributed by atoms with Crippen molar-refractivity contribution in [3.05, 3.63) is 35.9 Å². The minimum absolute atomic E-state index is 0.0632. The molecule has 0 unspecified atom stereocenters. The molecule has 0 heterocycles. The van der Waals surface area contributed by atoms with E-state index in [0.717, 1.165) is 12.1 Å². The Morgan fingerprint density at radius 3 is 2.47 bits per heavy atom. The zero-order chi connectivity index (χ0) is 11.5. The topological polar surface area (TPSA) is 29.5 Å². The van der Waals surface area contributed by atoms with Crippen LogP contribution in [0.5, 0.6) is 5.75 Å². The number of alkyl halides is 3. The van der Waals surface area contributed by atoms with Crippen molar-refractivity contribution in [1.29, 1.82) is 0 Å². The first-order valence-corrected chi connectivity index (χ1v) is 4.30. The van der Waals surface area contributed by atoms with Gasteiger partial charge in [0.1, 0.15) is 12.4 Å². The van der Waals surface area contributed by atoms with E-state index in [4.69, 9.17) is 9.84 Å². The summed E-state index contributed by atoms with van der Waals surface area (Å²) < 4.78 is 42.1. The van der Waals surface area contributed by atoms with Crippen LogP contribution in [0, 0.1) is 6.61 Å². The van der Waals surface area contributed by atoms with Crippen LogP contribution in [0.4, 0.5) is 13.2 Å². The molecule has 2 nitrogen and oxygen atoms in total. The van der Waals surface area contributed by atoms with E-state index in [2.05, 4.69) is 0 Å². The molecule has 1 radical (unpaired) electrons. The Kier molecular flexibility index (Phi) is 3.57. The van der Waals surface area contributed by atoms with Crippen LogP contribution >= 0.6 is 0 Å². The molecule has 0 spiro atoms. The van der Waals surface area contributed by atoms with Gasteiger partial charge in [0.25, 0.3) is 0 Å². The maximum absolute atomic E-state index is 12.4. The molecule has 0 aliphatic carbocycles. The first kappa shape index (κ1) is 11.8. The van der Waals surface area contributed by atoms with E-state index < -0.39 is 11.7 Å². The van der Waals surface area contributed by atoms with Crippen LogP contribution < -0.4 is 4.74 Å². The molecule has 1 rings (SSSR count). The molecule has 0 aromatic heterocycles. The molecular weight excluding hydrogens is 209 g/mol. The summed E-state index contributed by atoms with van der Waals surface area (Å²) in [5.41, 5.74) is -0.776. The second-order valence-corrected chi connectivity index (χ2v) is 2.85. The normalized spacial score (nSPS) is 11.5. The third kappa shape index (κ3) is 3.13. The third-order valence-electron chi connectivity index (χ3n) is 1.72. The smallest absolute Gasteiger partial charge is 0.416 e. The maximum atomic E-state index is 12.4. The second kappa shape index (κ2) is 4.53. The van der Waals surface area contributed by atoms with Gasteiger partial charge in [0, 0.05) is 0 Å². The van der Waals surface area contributed by atoms with Crippen molar-refractivity contribution in [1.82, 2.24) is 0 Å². The Labute approximate surface area is 85.3 Å². The van der Waals surface area contributed by atoms with E-state index in [-0.39, 0.29) is 17.9 Å². The van der Waals surface area contributed by atoms with Gasteiger partial charge < -0.3 is 9.84 Å². The van der Waals surface area contributed by atoms with Gasteiger partial charge in [-0.1, -0.05) is 0 Å². The fourth-order valence-electron chi connectivity index (χ4n) is 1.11. The third-order valence-corrected chi connectivity index (χ3v) is 1.72. The Bertz CT molecular complexity index is 334. The predicted molar refractivity (Wildman–Crippen MR) is 48.0 cm³/mol. The average molecular weight is 219 g/mol. The number of ether oxygens (including phenoxy) is 1. The van der Waals surface area contributed by atoms with E-state index in [1.165, 1.54) is 6.07 Å². The lowest BCUT2D eigenvalue weighted by Crippen LogP contribution is -2.06. The monoisotopic (exact) mass is 219 g/mol. The van der Waals surface area contributed by atoms with Crippen LogP contribution in [0.2, 0.25) is 0 Å². The molecular formula is C10H10F3O2. The van der Waals surface area contributed by atoms with Crippen LogP contribution in [-0.4, -0.2) is 11.7 Å². The zero-order valence-electron chi connectivity index (χ0n) is 8.01. The van der Waals surface area contributed by atoms with Gasteiger partial charge in [0.2, 0.25) is 0 Å². The lowest BCUT2D eigenvalue weighted by atomic mass is 10.1. The lowest BCUT2D eigenvalue weighted by molar-refractivity contribution is -0.137. The summed E-state index contributed by atoms with van der Waals surface area (Å²) in [5.74, 6) is 0.0904. The molecule has 1 aromatic carbocycles. The Morgan fingerprint density at radius 1 is 1.33 bits per heavy atom. The highest BCUT2D eigenvalue weighted by molar-refractivity contribution is 5.38. The summed E-state index contributed by atoms with van der Waals surface area (Å²) in [7, 11) is 0. The minimum Gasteiger partial charge on any atom is -0.494 e. The standard InChI is InChI=1S/C10H10F3O2/c1-2-15-9-4-7(6-14)3-8(5-9)10(11,12)13/h3-6,14H,2H2,1H3. The molecule has 83 valence electrons. The summed E-state index contributed by atoms with van der Waals surface area (Å²) >= 11 is 0. The van der Waals surface area contributed by atoms with Gasteiger partial charge in [0.05, 0.1) is 12.2 Å². The quantitative estimate of drug-likeness (QED) is 0.846. The predicted octanol–water partition coefficient (Wildman–Crippen LogP) is 2.99. The summed E-state index contributed by atoms with van der Waals surface area (Å²) in [6.07, 6.45) is -4.44. The fraction of sp³-hybridized carbons (Fsp3) is 0.300. The SMILES string of the molecule is CCOc1cc([CH]O)cc(C(F)(F)F)c1. The number of aliphatic hydroxyl groups excluding tert-OH is 1. The van der Waals surface area contributed by atoms with Gasteiger partial charge >= 0.3 is 6.18 Å². The number of rotatable bonds is 3. The number of hydrogen-bond acceptors (Lipinski definition) is 2. The van der Waals surface area contributed by atoms with Crippen molar-refractivity contribution in [2.75, 3.05) is 6.61 Å². The zero-order valence-corrected chi connectivity index (χ0v) is 8.01. The molecule has 0 aliphatic heterocycles. The average Bonchev–Trinajstić information content (AvgIpc) is 2.16. The lowest BCUT2D eigenvalue weighted by Gasteiger charge is -2.11. The molecule has 0 saturated heterocycles. The summed E-state index contributed by atoms with van der Waals surface area (Å²) in [6, 6.07) is 3.08. The fourth-order valence-corrected chi connectivity index (χ4v) is 1.11. The van der Waals surface area contributed by atoms with Crippen molar-refractivity contribution in [2.24, 2.45) is 0 Å². The largest absolute Gasteiger partial charge is 0.494 e. The van der Waals surface area contributed by atoms with Gasteiger partial charge in [-0.15, -0.1) is 0 Å². The molecule has 0 fully saturated rings. The molecule has 1 aromatic rings. The van der Waals surface area contributed by atoms with Crippen molar-refractivity contribution in [3.63, 3.8) is 0 Å². The number of hydrogen-bond donors (Lipinski definition) is 1. The number of benzene rings is 1. The second-order valence-electron chi connectivity index (χ2n) is 2.85. The van der Waals surface area contributed by atoms with Crippen LogP contribution in [0.15, 0.2) is 18.2 Å². The summed E-state index contributed by atoms with van der Waals surface area (Å²) in [6.45, 7) is 2.55. The molecule has 0 bridgehead atoms. The van der Waals surface area contributed by atoms with E-state index >= 15 is 0 Å². The first-order chi connectivity index (χ1) is 6.97. The molecule has 0 atom stereocenters. The van der Waals surface area contributed by atoms with Gasteiger partial charge in [-0.25, -0.2) is 0 Å². The van der Waals surface area contributed by atoms with Crippen LogP contribution in [0.25, 0.3) is 0 Å². The molecule has 1 N–H and O–H groups in total. The highest BCUT2D eigenvalue weighted by atomic mass is 19.4. The highest BCUT2D eigenvalue weighted by Crippen LogP contribution is 2.32. The van der Waals surface area contributed by atoms with Gasteiger partial charge in [-0.2, -0.15) is 13.2 Å². The minimum atomic E-state index is -4.44. The maximum Gasteiger partial charge on any atom is 0.416 e. The van der Waals surface area contributed by atoms with Gasteiger partial charge in [-0.3, -0.25) is 0 Å². The Balaban J connectivity index is 3.11. The number of aliphatic hydroxyl groups is 1. The number of halogens is 3. The Hall–Kier alpha value is -1.23. The van der Waals surface area contributed by atoms with E-state index in [0.29, 0.717) is 6.61 Å². The van der Waals surface area contributed by atoms with E-state index in [1.54, 1.807) is 6.92 Å². The summed E-state index contributed by atoms with van der Waals surface area (Å²) in [4.78, 5) is 0. The highest BCUT2D eigenvalue weighted by Gasteiger charge is 2.31. The molecule has 0 aliphatic rings. The van der Waals surface area contributed by atoms with Crippen LogP contribution in [-0.2, 0) is 6.18 Å². The van der Waals surface area contributed by atoms with Crippen LogP contribution in [0.1, 0.15) is 18.1 Å². The van der Waals surface area contributed by atoms with E-state index in [1.807, 2.05) is 0 Å². The molecule has 0 saturated carbocycles. The van der Waals surface area contributed by atoms with Crippen molar-refractivity contribution in [3.8, 4) is 5.75 Å². The molecule has 5 heteroatoms. The molecule has 15 heavy (non-hydrogen) atoms. The van der Waals surface area contributed by atoms with Gasteiger partial charge in [0.15, 0.2) is 0 Å². The van der Waals surface area contributed by atoms with E-state index in [9.17, 15) is 13.2 Å². The molecule has 0 amide bonds. The van der Waals surface area contributed by atoms with Crippen molar-refractivity contribution in [2.45, 2.75) is 13.1 Å². The summed E-state index contributed by atoms with van der Waals surface area (Å²) in [5, 5.41) is 8.67.